The molecule has 1 aliphatic rings. The minimum absolute atomic E-state index is 0.135. The van der Waals surface area contributed by atoms with Crippen LogP contribution >= 0.6 is 0 Å². The molecule has 1 saturated heterocycles. The minimum Gasteiger partial charge on any atom is -0.339 e. The molecule has 1 atom stereocenters. The van der Waals surface area contributed by atoms with Gasteiger partial charge in [0, 0.05) is 30.5 Å². The summed E-state index contributed by atoms with van der Waals surface area (Å²) < 4.78 is 5.34. The lowest BCUT2D eigenvalue weighted by Crippen LogP contribution is -2.38. The Labute approximate surface area is 141 Å². The second-order valence-electron chi connectivity index (χ2n) is 6.37. The lowest BCUT2D eigenvalue weighted by molar-refractivity contribution is 0.184. The number of pyridine rings is 1. The van der Waals surface area contributed by atoms with Crippen LogP contribution in [0.3, 0.4) is 0 Å². The van der Waals surface area contributed by atoms with Crippen LogP contribution in [0.5, 0.6) is 0 Å². The number of nitrogens with one attached hydrogen (secondary N) is 1. The quantitative estimate of drug-likeness (QED) is 0.927. The summed E-state index contributed by atoms with van der Waals surface area (Å²) in [6.07, 6.45) is 7.29. The van der Waals surface area contributed by atoms with E-state index < -0.39 is 0 Å². The van der Waals surface area contributed by atoms with E-state index in [1.165, 1.54) is 0 Å². The highest BCUT2D eigenvalue weighted by Crippen LogP contribution is 2.29. The van der Waals surface area contributed by atoms with Crippen LogP contribution in [-0.2, 0) is 0 Å². The molecule has 3 rings (SSSR count). The third-order valence-electron chi connectivity index (χ3n) is 4.19. The summed E-state index contributed by atoms with van der Waals surface area (Å²) in [7, 11) is 0. The highest BCUT2D eigenvalue weighted by molar-refractivity contribution is 5.89. The van der Waals surface area contributed by atoms with E-state index in [1.54, 1.807) is 24.5 Å². The summed E-state index contributed by atoms with van der Waals surface area (Å²) in [5, 5.41) is 7.05. The van der Waals surface area contributed by atoms with E-state index >= 15 is 0 Å². The molecule has 0 saturated carbocycles. The molecule has 1 aliphatic heterocycles. The lowest BCUT2D eigenvalue weighted by atomic mass is 10.1. The lowest BCUT2D eigenvalue weighted by Gasteiger charge is -2.27. The van der Waals surface area contributed by atoms with Crippen molar-refractivity contribution in [2.75, 3.05) is 11.9 Å². The summed E-state index contributed by atoms with van der Waals surface area (Å²) >= 11 is 0. The second-order valence-corrected chi connectivity index (χ2v) is 6.37. The van der Waals surface area contributed by atoms with Gasteiger partial charge >= 0.3 is 6.03 Å². The first-order valence-electron chi connectivity index (χ1n) is 8.46. The molecule has 0 spiro atoms. The SMILES string of the molecule is CC(C)c1nc([C@H]2CCCCCN2C(=O)Nc2ccncc2)no1. The van der Waals surface area contributed by atoms with Crippen LogP contribution in [0, 0.1) is 0 Å². The van der Waals surface area contributed by atoms with E-state index in [0.29, 0.717) is 18.3 Å². The van der Waals surface area contributed by atoms with Crippen molar-refractivity contribution in [3.05, 3.63) is 36.2 Å². The van der Waals surface area contributed by atoms with Crippen molar-refractivity contribution in [3.8, 4) is 0 Å². The van der Waals surface area contributed by atoms with Crippen LogP contribution in [0.2, 0.25) is 0 Å². The summed E-state index contributed by atoms with van der Waals surface area (Å²) in [5.74, 6) is 1.39. The minimum atomic E-state index is -0.148. The van der Waals surface area contributed by atoms with Gasteiger partial charge in [-0.3, -0.25) is 4.98 Å². The van der Waals surface area contributed by atoms with E-state index in [1.807, 2.05) is 18.7 Å². The molecule has 128 valence electrons. The van der Waals surface area contributed by atoms with Crippen LogP contribution in [0.1, 0.15) is 63.2 Å². The first kappa shape index (κ1) is 16.4. The molecule has 2 aromatic heterocycles. The number of rotatable bonds is 3. The largest absolute Gasteiger partial charge is 0.339 e. The topological polar surface area (TPSA) is 84.2 Å². The first-order chi connectivity index (χ1) is 11.6. The Bertz CT molecular complexity index is 671. The van der Waals surface area contributed by atoms with Crippen molar-refractivity contribution < 1.29 is 9.32 Å². The first-order valence-corrected chi connectivity index (χ1v) is 8.46. The van der Waals surface area contributed by atoms with Gasteiger partial charge in [0.05, 0.1) is 6.04 Å². The van der Waals surface area contributed by atoms with E-state index in [9.17, 15) is 4.79 Å². The highest BCUT2D eigenvalue weighted by atomic mass is 16.5. The summed E-state index contributed by atoms with van der Waals surface area (Å²) in [4.78, 5) is 23.0. The normalized spacial score (nSPS) is 18.5. The van der Waals surface area contributed by atoms with Gasteiger partial charge in [0.15, 0.2) is 5.82 Å². The molecule has 1 fully saturated rings. The highest BCUT2D eigenvalue weighted by Gasteiger charge is 2.30. The van der Waals surface area contributed by atoms with Crippen molar-refractivity contribution in [1.29, 1.82) is 0 Å². The Morgan fingerprint density at radius 3 is 2.79 bits per heavy atom. The van der Waals surface area contributed by atoms with E-state index in [4.69, 9.17) is 4.52 Å². The van der Waals surface area contributed by atoms with Crippen molar-refractivity contribution in [1.82, 2.24) is 20.0 Å². The number of hydrogen-bond donors (Lipinski definition) is 1. The predicted molar refractivity (Wildman–Crippen MR) is 89.6 cm³/mol. The number of urea groups is 1. The molecular formula is C17H23N5O2. The van der Waals surface area contributed by atoms with Crippen LogP contribution in [0.4, 0.5) is 10.5 Å². The van der Waals surface area contributed by atoms with Gasteiger partial charge in [-0.1, -0.05) is 31.8 Å². The van der Waals surface area contributed by atoms with Gasteiger partial charge in [-0.15, -0.1) is 0 Å². The Morgan fingerprint density at radius 2 is 2.08 bits per heavy atom. The average molecular weight is 329 g/mol. The maximum absolute atomic E-state index is 12.8. The van der Waals surface area contributed by atoms with Gasteiger partial charge in [-0.05, 0) is 25.0 Å². The van der Waals surface area contributed by atoms with Crippen LogP contribution < -0.4 is 5.32 Å². The van der Waals surface area contributed by atoms with E-state index in [-0.39, 0.29) is 18.0 Å². The number of hydrogen-bond acceptors (Lipinski definition) is 5. The maximum atomic E-state index is 12.8. The van der Waals surface area contributed by atoms with Gasteiger partial charge in [0.2, 0.25) is 5.89 Å². The Morgan fingerprint density at radius 1 is 1.29 bits per heavy atom. The molecule has 3 heterocycles. The molecule has 24 heavy (non-hydrogen) atoms. The standard InChI is InChI=1S/C17H23N5O2/c1-12(2)16-20-15(21-24-16)14-6-4-3-5-11-22(14)17(23)19-13-7-9-18-10-8-13/h7-10,12,14H,3-6,11H2,1-2H3,(H,18,19,23)/t14-/m1/s1. The zero-order valence-corrected chi connectivity index (χ0v) is 14.1. The Kier molecular flexibility index (Phi) is 5.08. The number of carbonyl (C=O) groups excluding carboxylic acids is 1. The fraction of sp³-hybridized carbons (Fsp3) is 0.529. The number of nitrogens with zero attached hydrogens (tertiary/aromatic N) is 4. The molecular weight excluding hydrogens is 306 g/mol. The number of amides is 2. The molecule has 0 aromatic carbocycles. The van der Waals surface area contributed by atoms with Crippen molar-refractivity contribution >= 4 is 11.7 Å². The van der Waals surface area contributed by atoms with Crippen molar-refractivity contribution in [3.63, 3.8) is 0 Å². The van der Waals surface area contributed by atoms with Crippen molar-refractivity contribution in [2.24, 2.45) is 0 Å². The number of aromatic nitrogens is 3. The molecule has 0 bridgehead atoms. The van der Waals surface area contributed by atoms with Crippen molar-refractivity contribution in [2.45, 2.75) is 51.5 Å². The summed E-state index contributed by atoms with van der Waals surface area (Å²) in [6, 6.07) is 3.26. The summed E-state index contributed by atoms with van der Waals surface area (Å²) in [6.45, 7) is 4.71. The number of likely N-dealkylation sites (tertiary alicyclic amines) is 1. The predicted octanol–water partition coefficient (Wildman–Crippen LogP) is 3.74. The van der Waals surface area contributed by atoms with Gasteiger partial charge in [-0.2, -0.15) is 4.98 Å². The fourth-order valence-electron chi connectivity index (χ4n) is 2.87. The molecule has 0 aliphatic carbocycles. The molecule has 2 aromatic rings. The molecule has 7 heteroatoms. The van der Waals surface area contributed by atoms with Crippen LogP contribution in [-0.4, -0.2) is 32.6 Å². The van der Waals surface area contributed by atoms with E-state index in [0.717, 1.165) is 31.4 Å². The third-order valence-corrected chi connectivity index (χ3v) is 4.19. The van der Waals surface area contributed by atoms with Crippen LogP contribution in [0.25, 0.3) is 0 Å². The van der Waals surface area contributed by atoms with Gasteiger partial charge < -0.3 is 14.7 Å². The Hall–Kier alpha value is -2.44. The maximum Gasteiger partial charge on any atom is 0.322 e. The van der Waals surface area contributed by atoms with Gasteiger partial charge in [0.1, 0.15) is 0 Å². The van der Waals surface area contributed by atoms with Gasteiger partial charge in [-0.25, -0.2) is 4.79 Å². The van der Waals surface area contributed by atoms with Gasteiger partial charge in [0.25, 0.3) is 0 Å². The molecule has 0 unspecified atom stereocenters. The Balaban J connectivity index is 1.80. The molecule has 2 amide bonds. The third kappa shape index (κ3) is 3.72. The monoisotopic (exact) mass is 329 g/mol. The molecule has 1 N–H and O–H groups in total. The van der Waals surface area contributed by atoms with E-state index in [2.05, 4.69) is 20.4 Å². The fourth-order valence-corrected chi connectivity index (χ4v) is 2.87. The molecule has 0 radical (unpaired) electrons. The number of anilines is 1. The summed E-state index contributed by atoms with van der Waals surface area (Å²) in [5.41, 5.74) is 0.731. The smallest absolute Gasteiger partial charge is 0.322 e. The average Bonchev–Trinajstić information content (AvgIpc) is 2.94. The van der Waals surface area contributed by atoms with Crippen LogP contribution in [0.15, 0.2) is 29.0 Å². The molecule has 7 nitrogen and oxygen atoms in total. The number of carbonyl (C=O) groups is 1. The zero-order chi connectivity index (χ0) is 16.9. The zero-order valence-electron chi connectivity index (χ0n) is 14.1. The second kappa shape index (κ2) is 7.42.